The molecule has 0 aliphatic heterocycles. The molecule has 6 nitrogen and oxygen atoms in total. The number of amides is 2. The third-order valence-electron chi connectivity index (χ3n) is 4.61. The van der Waals surface area contributed by atoms with Gasteiger partial charge in [0.1, 0.15) is 11.6 Å². The molecule has 160 valence electrons. The van der Waals surface area contributed by atoms with Crippen molar-refractivity contribution in [3.8, 4) is 0 Å². The Labute approximate surface area is 194 Å². The van der Waals surface area contributed by atoms with Crippen molar-refractivity contribution in [1.29, 1.82) is 0 Å². The number of aromatic nitrogens is 2. The van der Waals surface area contributed by atoms with Crippen LogP contribution in [0.5, 0.6) is 0 Å². The first-order valence-electron chi connectivity index (χ1n) is 9.92. The fraction of sp³-hybridized carbons (Fsp3) is 0.0833. The molecule has 8 heteroatoms. The summed E-state index contributed by atoms with van der Waals surface area (Å²) < 4.78 is 0.855. The molecule has 3 aromatic carbocycles. The zero-order valence-corrected chi connectivity index (χ0v) is 18.6. The number of carbonyl (C=O) groups excluding carboxylic acids is 2. The van der Waals surface area contributed by atoms with E-state index in [4.69, 9.17) is 0 Å². The zero-order valence-electron chi connectivity index (χ0n) is 17.0. The molecular weight excluding hydrogens is 440 g/mol. The van der Waals surface area contributed by atoms with Crippen molar-refractivity contribution in [2.75, 3.05) is 5.32 Å². The second-order valence-corrected chi connectivity index (χ2v) is 9.06. The van der Waals surface area contributed by atoms with Gasteiger partial charge in [0.15, 0.2) is 4.34 Å². The summed E-state index contributed by atoms with van der Waals surface area (Å²) >= 11 is 2.98. The molecule has 1 aromatic heterocycles. The van der Waals surface area contributed by atoms with Gasteiger partial charge in [0, 0.05) is 22.6 Å². The van der Waals surface area contributed by atoms with Crippen molar-refractivity contribution in [3.63, 3.8) is 0 Å². The van der Waals surface area contributed by atoms with Gasteiger partial charge in [-0.25, -0.2) is 0 Å². The molecule has 0 radical (unpaired) electrons. The fourth-order valence-corrected chi connectivity index (χ4v) is 4.48. The number of anilines is 1. The van der Waals surface area contributed by atoms with Crippen LogP contribution in [-0.2, 0) is 11.2 Å². The molecule has 1 unspecified atom stereocenters. The largest absolute Gasteiger partial charge is 0.340 e. The minimum Gasteiger partial charge on any atom is -0.340 e. The van der Waals surface area contributed by atoms with Crippen LogP contribution in [0.2, 0.25) is 0 Å². The maximum atomic E-state index is 13.1. The lowest BCUT2D eigenvalue weighted by atomic mass is 10.0. The molecule has 2 amide bonds. The van der Waals surface area contributed by atoms with Crippen LogP contribution < -0.4 is 10.6 Å². The number of nitrogens with one attached hydrogen (secondary N) is 2. The van der Waals surface area contributed by atoms with Gasteiger partial charge in [-0.05, 0) is 42.0 Å². The molecule has 0 aliphatic carbocycles. The quantitative estimate of drug-likeness (QED) is 0.399. The highest BCUT2D eigenvalue weighted by molar-refractivity contribution is 8.01. The zero-order chi connectivity index (χ0) is 22.2. The van der Waals surface area contributed by atoms with Crippen LogP contribution in [0.25, 0.3) is 0 Å². The topological polar surface area (TPSA) is 84.0 Å². The van der Waals surface area contributed by atoms with Gasteiger partial charge in [-0.15, -0.1) is 10.2 Å². The SMILES string of the molecule is O=C(NC(Cc1ccccc1)C(=O)Nc1ccc(Sc2nncs2)cc1)c1ccccc1. The second kappa shape index (κ2) is 10.7. The van der Waals surface area contributed by atoms with Crippen LogP contribution in [-0.4, -0.2) is 28.1 Å². The summed E-state index contributed by atoms with van der Waals surface area (Å²) in [5.74, 6) is -0.562. The molecule has 1 heterocycles. The molecule has 0 bridgehead atoms. The standard InChI is InChI=1S/C24H20N4O2S2/c29-22(18-9-5-2-6-10-18)27-21(15-17-7-3-1-4-8-17)23(30)26-19-11-13-20(14-12-19)32-24-28-25-16-31-24/h1-14,16,21H,15H2,(H,26,30)(H,27,29). The highest BCUT2D eigenvalue weighted by Gasteiger charge is 2.22. The molecule has 4 aromatic rings. The average molecular weight is 461 g/mol. The van der Waals surface area contributed by atoms with Gasteiger partial charge >= 0.3 is 0 Å². The summed E-state index contributed by atoms with van der Waals surface area (Å²) in [5.41, 5.74) is 3.82. The molecule has 0 saturated heterocycles. The van der Waals surface area contributed by atoms with Gasteiger partial charge in [0.2, 0.25) is 5.91 Å². The number of hydrogen-bond acceptors (Lipinski definition) is 6. The van der Waals surface area contributed by atoms with Gasteiger partial charge in [0.25, 0.3) is 5.91 Å². The molecule has 32 heavy (non-hydrogen) atoms. The molecule has 1 atom stereocenters. The normalized spacial score (nSPS) is 11.5. The van der Waals surface area contributed by atoms with Crippen LogP contribution in [0.15, 0.2) is 99.7 Å². The van der Waals surface area contributed by atoms with E-state index in [1.54, 1.807) is 29.8 Å². The predicted molar refractivity (Wildman–Crippen MR) is 127 cm³/mol. The Morgan fingerprint density at radius 1 is 0.906 bits per heavy atom. The van der Waals surface area contributed by atoms with E-state index in [0.717, 1.165) is 14.8 Å². The Morgan fingerprint density at radius 3 is 2.25 bits per heavy atom. The molecular formula is C24H20N4O2S2. The average Bonchev–Trinajstić information content (AvgIpc) is 3.34. The molecule has 4 rings (SSSR count). The van der Waals surface area contributed by atoms with E-state index in [2.05, 4.69) is 20.8 Å². The van der Waals surface area contributed by atoms with Gasteiger partial charge < -0.3 is 10.6 Å². The second-order valence-electron chi connectivity index (χ2n) is 6.90. The lowest BCUT2D eigenvalue weighted by molar-refractivity contribution is -0.118. The lowest BCUT2D eigenvalue weighted by Gasteiger charge is -2.19. The summed E-state index contributed by atoms with van der Waals surface area (Å²) in [5, 5.41) is 13.6. The summed E-state index contributed by atoms with van der Waals surface area (Å²) in [7, 11) is 0. The van der Waals surface area contributed by atoms with Gasteiger partial charge in [-0.2, -0.15) is 0 Å². The number of benzene rings is 3. The van der Waals surface area contributed by atoms with Crippen LogP contribution in [0.4, 0.5) is 5.69 Å². The van der Waals surface area contributed by atoms with Crippen LogP contribution >= 0.6 is 23.1 Å². The molecule has 0 spiro atoms. The van der Waals surface area contributed by atoms with Crippen molar-refractivity contribution in [2.45, 2.75) is 21.7 Å². The molecule has 0 fully saturated rings. The smallest absolute Gasteiger partial charge is 0.251 e. The van der Waals surface area contributed by atoms with E-state index in [1.165, 1.54) is 23.1 Å². The van der Waals surface area contributed by atoms with Crippen LogP contribution in [0.3, 0.4) is 0 Å². The molecule has 0 aliphatic rings. The Hall–Kier alpha value is -3.49. The van der Waals surface area contributed by atoms with Gasteiger partial charge in [0.05, 0.1) is 0 Å². The van der Waals surface area contributed by atoms with E-state index >= 15 is 0 Å². The minimum absolute atomic E-state index is 0.275. The van der Waals surface area contributed by atoms with Gasteiger partial charge in [-0.1, -0.05) is 71.6 Å². The third-order valence-corrected chi connectivity index (χ3v) is 6.39. The van der Waals surface area contributed by atoms with Crippen molar-refractivity contribution in [1.82, 2.24) is 15.5 Å². The Balaban J connectivity index is 1.45. The fourth-order valence-electron chi connectivity index (χ4n) is 3.03. The van der Waals surface area contributed by atoms with Crippen molar-refractivity contribution < 1.29 is 9.59 Å². The first-order chi connectivity index (χ1) is 15.7. The van der Waals surface area contributed by atoms with E-state index in [9.17, 15) is 9.59 Å². The van der Waals surface area contributed by atoms with E-state index in [1.807, 2.05) is 60.7 Å². The Kier molecular flexibility index (Phi) is 7.27. The van der Waals surface area contributed by atoms with Crippen molar-refractivity contribution >= 4 is 40.6 Å². The maximum Gasteiger partial charge on any atom is 0.251 e. The van der Waals surface area contributed by atoms with Gasteiger partial charge in [-0.3, -0.25) is 9.59 Å². The van der Waals surface area contributed by atoms with E-state index < -0.39 is 6.04 Å². The third kappa shape index (κ3) is 6.03. The number of nitrogens with zero attached hydrogens (tertiary/aromatic N) is 2. The van der Waals surface area contributed by atoms with E-state index in [-0.39, 0.29) is 11.8 Å². The number of rotatable bonds is 8. The molecule has 0 saturated carbocycles. The Morgan fingerprint density at radius 2 is 1.59 bits per heavy atom. The van der Waals surface area contributed by atoms with Crippen LogP contribution in [0.1, 0.15) is 15.9 Å². The maximum absolute atomic E-state index is 13.1. The Bertz CT molecular complexity index is 1150. The van der Waals surface area contributed by atoms with Crippen molar-refractivity contribution in [3.05, 3.63) is 102 Å². The first kappa shape index (κ1) is 21.7. The number of carbonyl (C=O) groups is 2. The highest BCUT2D eigenvalue weighted by atomic mass is 32.2. The minimum atomic E-state index is -0.722. The van der Waals surface area contributed by atoms with Crippen LogP contribution in [0, 0.1) is 0 Å². The first-order valence-corrected chi connectivity index (χ1v) is 11.6. The molecule has 2 N–H and O–H groups in total. The summed E-state index contributed by atoms with van der Waals surface area (Å²) in [6, 6.07) is 25.3. The lowest BCUT2D eigenvalue weighted by Crippen LogP contribution is -2.45. The summed E-state index contributed by atoms with van der Waals surface area (Å²) in [6.07, 6.45) is 0.385. The number of hydrogen-bond donors (Lipinski definition) is 2. The monoisotopic (exact) mass is 460 g/mol. The summed E-state index contributed by atoms with van der Waals surface area (Å²) in [4.78, 5) is 26.8. The van der Waals surface area contributed by atoms with E-state index in [0.29, 0.717) is 17.7 Å². The predicted octanol–water partition coefficient (Wildman–Crippen LogP) is 4.67. The van der Waals surface area contributed by atoms with Crippen molar-refractivity contribution in [2.24, 2.45) is 0 Å². The summed E-state index contributed by atoms with van der Waals surface area (Å²) in [6.45, 7) is 0. The highest BCUT2D eigenvalue weighted by Crippen LogP contribution is 2.29.